The molecule has 3 aromatic rings. The zero-order chi connectivity index (χ0) is 33.3. The van der Waals surface area contributed by atoms with Crippen molar-refractivity contribution in [1.82, 2.24) is 0 Å². The maximum absolute atomic E-state index is 5.63. The molecule has 0 aromatic heterocycles. The third-order valence-electron chi connectivity index (χ3n) is 12.4. The Labute approximate surface area is 304 Å². The summed E-state index contributed by atoms with van der Waals surface area (Å²) in [7, 11) is 0. The molecule has 0 amide bonds. The Morgan fingerprint density at radius 2 is 1.33 bits per heavy atom. The normalized spacial score (nSPS) is 18.8. The van der Waals surface area contributed by atoms with Crippen molar-refractivity contribution in [3.05, 3.63) is 119 Å². The monoisotopic (exact) mass is 756 g/mol. The van der Waals surface area contributed by atoms with Crippen LogP contribution in [0.2, 0.25) is 4.13 Å². The van der Waals surface area contributed by atoms with Crippen molar-refractivity contribution in [2.24, 2.45) is 10.8 Å². The molecule has 0 saturated carbocycles. The molecule has 0 fully saturated rings. The first kappa shape index (κ1) is 37.2. The number of hydrogen-bond acceptors (Lipinski definition) is 0. The molecule has 0 saturated heterocycles. The van der Waals surface area contributed by atoms with Crippen molar-refractivity contribution in [2.45, 2.75) is 104 Å². The van der Waals surface area contributed by atoms with E-state index >= 15 is 0 Å². The van der Waals surface area contributed by atoms with Gasteiger partial charge in [0, 0.05) is 0 Å². The number of fused-ring (bicyclic) bond motifs is 5. The average molecular weight is 759 g/mol. The van der Waals surface area contributed by atoms with Gasteiger partial charge in [-0.05, 0) is 0 Å². The molecule has 0 unspecified atom stereocenters. The third kappa shape index (κ3) is 4.95. The molecule has 4 aliphatic carbocycles. The molecular weight excluding hydrogens is 703 g/mol. The molecule has 0 radical (unpaired) electrons. The summed E-state index contributed by atoms with van der Waals surface area (Å²) in [5.74, 6) is 0. The summed E-state index contributed by atoms with van der Waals surface area (Å²) in [4.78, 5) is 0. The zero-order valence-electron chi connectivity index (χ0n) is 31.2. The Morgan fingerprint density at radius 1 is 0.750 bits per heavy atom. The van der Waals surface area contributed by atoms with Crippen molar-refractivity contribution in [3.8, 4) is 11.1 Å². The molecule has 0 nitrogen and oxygen atoms in total. The van der Waals surface area contributed by atoms with E-state index in [4.69, 9.17) is 4.21 Å². The van der Waals surface area contributed by atoms with Crippen molar-refractivity contribution < 1.29 is 18.3 Å². The third-order valence-corrected chi connectivity index (χ3v) is 30.3. The molecule has 48 heavy (non-hydrogen) atoms. The second-order valence-corrected chi connectivity index (χ2v) is 32.4. The van der Waals surface area contributed by atoms with Gasteiger partial charge in [0.25, 0.3) is 0 Å². The molecule has 3 heteroatoms. The second-order valence-electron chi connectivity index (χ2n) is 18.2. The summed E-state index contributed by atoms with van der Waals surface area (Å²) in [6, 6.07) is 21.9. The molecular formula is C45H56Cl2Zr. The van der Waals surface area contributed by atoms with Crippen LogP contribution in [0.4, 0.5) is 0 Å². The summed E-state index contributed by atoms with van der Waals surface area (Å²) in [6.45, 7) is 26.7. The Morgan fingerprint density at radius 3 is 1.85 bits per heavy atom. The summed E-state index contributed by atoms with van der Waals surface area (Å²) >= 11 is -4.34. The Kier molecular flexibility index (Phi) is 8.91. The van der Waals surface area contributed by atoms with Gasteiger partial charge in [-0.25, -0.2) is 0 Å². The SMILES string of the molecule is Cl.Cl.[CH2]=[Zr]([CH2]C)([C]1=CC=CC1)([C]1=C(C(C)(C)C)c2cc3c(cc2C1(C)C)Cc1cc2c(cc1-3)C(C(C)(C)C)=CC2(C)C)[c]1ccccc1. The van der Waals surface area contributed by atoms with Crippen molar-refractivity contribution in [3.63, 3.8) is 0 Å². The number of halogens is 2. The van der Waals surface area contributed by atoms with Crippen molar-refractivity contribution in [1.29, 1.82) is 0 Å². The quantitative estimate of drug-likeness (QED) is 0.194. The molecule has 0 N–H and O–H groups in total. The van der Waals surface area contributed by atoms with E-state index in [0.717, 1.165) is 17.0 Å². The van der Waals surface area contributed by atoms with Gasteiger partial charge in [0.15, 0.2) is 0 Å². The van der Waals surface area contributed by atoms with E-state index in [1.807, 2.05) is 0 Å². The molecule has 4 aliphatic rings. The fourth-order valence-electron chi connectivity index (χ4n) is 10.2. The predicted octanol–water partition coefficient (Wildman–Crippen LogP) is 12.6. The van der Waals surface area contributed by atoms with E-state index in [-0.39, 0.29) is 46.5 Å². The number of rotatable bonds is 4. The molecule has 0 aliphatic heterocycles. The van der Waals surface area contributed by atoms with E-state index in [9.17, 15) is 0 Å². The summed E-state index contributed by atoms with van der Waals surface area (Å²) in [5, 5.41) is 0. The fourth-order valence-corrected chi connectivity index (χ4v) is 27.5. The molecule has 0 spiro atoms. The Bertz CT molecular complexity index is 2030. The van der Waals surface area contributed by atoms with Crippen LogP contribution >= 0.6 is 24.8 Å². The average Bonchev–Trinajstić information content (AvgIpc) is 3.74. The summed E-state index contributed by atoms with van der Waals surface area (Å²) in [6.07, 6.45) is 11.7. The van der Waals surface area contributed by atoms with Gasteiger partial charge in [0.05, 0.1) is 0 Å². The van der Waals surface area contributed by atoms with Crippen LogP contribution in [-0.4, -0.2) is 4.21 Å². The van der Waals surface area contributed by atoms with Crippen molar-refractivity contribution >= 4 is 43.4 Å². The number of benzene rings is 3. The standard InChI is InChI=1S/C31H37.C6H5.C5H5.C2H5.CH2.2ClH.Zr/c1-28(2,3)26-16-30(7,8)24-12-18-11-19-13-25-23(15-21(19)20(18)14-22(24)26)27(29(4,5)6)17-31(25,9)10;1-2-4-6-5-3-1;1-2-4-5-3-1;1-2;;;;/h12-16H,11H2,1-10H3;1-5H;1-3H,4H2;1H2,2H3;1H2;2*1H;. The Balaban J connectivity index is 0.00000225. The molecule has 0 atom stereocenters. The van der Waals surface area contributed by atoms with Gasteiger partial charge in [-0.1, -0.05) is 0 Å². The fraction of sp³-hybridized carbons (Fsp3) is 0.400. The van der Waals surface area contributed by atoms with E-state index in [2.05, 4.69) is 155 Å². The van der Waals surface area contributed by atoms with Crippen LogP contribution in [0.5, 0.6) is 0 Å². The van der Waals surface area contributed by atoms with Gasteiger partial charge in [-0.15, -0.1) is 24.8 Å². The molecule has 3 aromatic carbocycles. The maximum atomic E-state index is 5.63. The van der Waals surface area contributed by atoms with Gasteiger partial charge in [0.2, 0.25) is 0 Å². The topological polar surface area (TPSA) is 0 Å². The van der Waals surface area contributed by atoms with Crippen LogP contribution in [0.15, 0.2) is 85.5 Å². The molecule has 0 bridgehead atoms. The first-order chi connectivity index (χ1) is 21.3. The van der Waals surface area contributed by atoms with Crippen LogP contribution < -0.4 is 3.27 Å². The van der Waals surface area contributed by atoms with Crippen LogP contribution in [0.3, 0.4) is 0 Å². The summed E-state index contributed by atoms with van der Waals surface area (Å²) < 4.78 is 11.6. The van der Waals surface area contributed by atoms with Crippen LogP contribution in [0.25, 0.3) is 22.3 Å². The minimum absolute atomic E-state index is 0. The van der Waals surface area contributed by atoms with E-state index < -0.39 is 18.3 Å². The van der Waals surface area contributed by atoms with E-state index in [0.29, 0.717) is 0 Å². The van der Waals surface area contributed by atoms with E-state index in [1.54, 1.807) is 12.1 Å². The van der Waals surface area contributed by atoms with Crippen molar-refractivity contribution in [2.75, 3.05) is 0 Å². The van der Waals surface area contributed by atoms with Gasteiger partial charge in [-0.3, -0.25) is 0 Å². The minimum atomic E-state index is -4.34. The predicted molar refractivity (Wildman–Crippen MR) is 215 cm³/mol. The van der Waals surface area contributed by atoms with Gasteiger partial charge in [0.1, 0.15) is 0 Å². The number of allylic oxidation sites excluding steroid dienone is 8. The number of hydrogen-bond donors (Lipinski definition) is 0. The first-order valence-electron chi connectivity index (χ1n) is 17.6. The Hall–Kier alpha value is -2.05. The van der Waals surface area contributed by atoms with Gasteiger partial charge < -0.3 is 0 Å². The molecule has 7 rings (SSSR count). The molecule has 0 heterocycles. The zero-order valence-corrected chi connectivity index (χ0v) is 35.2. The van der Waals surface area contributed by atoms with Crippen LogP contribution in [0, 0.1) is 10.8 Å². The van der Waals surface area contributed by atoms with Crippen LogP contribution in [0.1, 0.15) is 116 Å². The van der Waals surface area contributed by atoms with Crippen LogP contribution in [-0.2, 0) is 35.5 Å². The van der Waals surface area contributed by atoms with Gasteiger partial charge in [-0.2, -0.15) is 0 Å². The van der Waals surface area contributed by atoms with E-state index in [1.165, 1.54) is 53.4 Å². The molecule has 254 valence electrons. The second kappa shape index (κ2) is 11.5. The van der Waals surface area contributed by atoms with Gasteiger partial charge >= 0.3 is 282 Å². The first-order valence-corrected chi connectivity index (χ1v) is 24.8. The summed E-state index contributed by atoms with van der Waals surface area (Å²) in [5.41, 5.74) is 14.9.